The summed E-state index contributed by atoms with van der Waals surface area (Å²) >= 11 is 6.93. The van der Waals surface area contributed by atoms with Gasteiger partial charge in [0.2, 0.25) is 5.91 Å². The van der Waals surface area contributed by atoms with Crippen LogP contribution in [0, 0.1) is 0 Å². The molecule has 2 aliphatic rings. The number of hydrogen-bond acceptors (Lipinski definition) is 5. The molecule has 134 valence electrons. The zero-order chi connectivity index (χ0) is 17.3. The Labute approximate surface area is 152 Å². The first kappa shape index (κ1) is 18.1. The van der Waals surface area contributed by atoms with Crippen LogP contribution in [0.25, 0.3) is 0 Å². The molecular formula is C15H22ClN3O3S2. The molecule has 0 aliphatic carbocycles. The predicted octanol–water partition coefficient (Wildman–Crippen LogP) is 1.72. The fourth-order valence-electron chi connectivity index (χ4n) is 3.25. The molecule has 2 aliphatic heterocycles. The van der Waals surface area contributed by atoms with Crippen molar-refractivity contribution in [3.05, 3.63) is 16.5 Å². The minimum atomic E-state index is -3.48. The molecule has 0 aromatic carbocycles. The fourth-order valence-corrected chi connectivity index (χ4v) is 6.31. The zero-order valence-electron chi connectivity index (χ0n) is 13.6. The van der Waals surface area contributed by atoms with E-state index in [1.165, 1.54) is 4.31 Å². The molecule has 0 spiro atoms. The second-order valence-corrected chi connectivity index (χ2v) is 10.1. The maximum absolute atomic E-state index is 12.6. The van der Waals surface area contributed by atoms with Crippen molar-refractivity contribution < 1.29 is 13.2 Å². The SMILES string of the molecule is C[C@H](C(=O)N1CCCC1)N1CCN(S(=O)(=O)c2ccc(Cl)s2)CC1. The molecule has 3 rings (SSSR count). The summed E-state index contributed by atoms with van der Waals surface area (Å²) in [5.74, 6) is 0.161. The zero-order valence-corrected chi connectivity index (χ0v) is 16.0. The van der Waals surface area contributed by atoms with Crippen LogP contribution < -0.4 is 0 Å². The molecule has 1 atom stereocenters. The van der Waals surface area contributed by atoms with Crippen LogP contribution in [0.4, 0.5) is 0 Å². The van der Waals surface area contributed by atoms with Crippen molar-refractivity contribution in [2.75, 3.05) is 39.3 Å². The minimum Gasteiger partial charge on any atom is -0.341 e. The molecular weight excluding hydrogens is 370 g/mol. The van der Waals surface area contributed by atoms with Crippen molar-refractivity contribution in [1.82, 2.24) is 14.1 Å². The molecule has 0 N–H and O–H groups in total. The van der Waals surface area contributed by atoms with E-state index >= 15 is 0 Å². The molecule has 6 nitrogen and oxygen atoms in total. The highest BCUT2D eigenvalue weighted by Crippen LogP contribution is 2.28. The van der Waals surface area contributed by atoms with Crippen LogP contribution >= 0.6 is 22.9 Å². The quantitative estimate of drug-likeness (QED) is 0.784. The Hall–Kier alpha value is -0.670. The van der Waals surface area contributed by atoms with Crippen LogP contribution in [-0.4, -0.2) is 73.7 Å². The van der Waals surface area contributed by atoms with Gasteiger partial charge < -0.3 is 4.90 Å². The number of carbonyl (C=O) groups is 1. The molecule has 1 amide bonds. The van der Waals surface area contributed by atoms with Crippen LogP contribution in [0.5, 0.6) is 0 Å². The lowest BCUT2D eigenvalue weighted by molar-refractivity contribution is -0.135. The topological polar surface area (TPSA) is 60.9 Å². The lowest BCUT2D eigenvalue weighted by Gasteiger charge is -2.37. The number of amides is 1. The average Bonchev–Trinajstić information content (AvgIpc) is 3.25. The number of likely N-dealkylation sites (tertiary alicyclic amines) is 1. The van der Waals surface area contributed by atoms with Gasteiger partial charge in [-0.05, 0) is 31.9 Å². The third-order valence-corrected chi connectivity index (χ3v) is 8.34. The summed E-state index contributed by atoms with van der Waals surface area (Å²) in [6, 6.07) is 2.96. The molecule has 0 bridgehead atoms. The van der Waals surface area contributed by atoms with E-state index in [4.69, 9.17) is 11.6 Å². The molecule has 0 unspecified atom stereocenters. The Morgan fingerprint density at radius 2 is 1.75 bits per heavy atom. The molecule has 9 heteroatoms. The number of thiophene rings is 1. The highest BCUT2D eigenvalue weighted by Gasteiger charge is 2.34. The van der Waals surface area contributed by atoms with Crippen LogP contribution in [-0.2, 0) is 14.8 Å². The summed E-state index contributed by atoms with van der Waals surface area (Å²) in [5, 5.41) is 0. The fraction of sp³-hybridized carbons (Fsp3) is 0.667. The number of carbonyl (C=O) groups excluding carboxylic acids is 1. The van der Waals surface area contributed by atoms with Crippen molar-refractivity contribution in [2.24, 2.45) is 0 Å². The smallest absolute Gasteiger partial charge is 0.252 e. The van der Waals surface area contributed by atoms with Gasteiger partial charge in [-0.15, -0.1) is 11.3 Å². The number of piperazine rings is 1. The first-order chi connectivity index (χ1) is 11.4. The summed E-state index contributed by atoms with van der Waals surface area (Å²) in [6.45, 7) is 5.54. The summed E-state index contributed by atoms with van der Waals surface area (Å²) in [7, 11) is -3.48. The van der Waals surface area contributed by atoms with Gasteiger partial charge in [-0.3, -0.25) is 9.69 Å². The highest BCUT2D eigenvalue weighted by molar-refractivity contribution is 7.91. The molecule has 1 aromatic heterocycles. The van der Waals surface area contributed by atoms with Crippen LogP contribution in [0.2, 0.25) is 4.34 Å². The van der Waals surface area contributed by atoms with E-state index in [0.717, 1.165) is 37.3 Å². The molecule has 0 saturated carbocycles. The van der Waals surface area contributed by atoms with Crippen molar-refractivity contribution in [3.8, 4) is 0 Å². The average molecular weight is 392 g/mol. The second kappa shape index (κ2) is 7.29. The van der Waals surface area contributed by atoms with Gasteiger partial charge in [0, 0.05) is 39.3 Å². The van der Waals surface area contributed by atoms with Gasteiger partial charge in [0.1, 0.15) is 4.21 Å². The summed E-state index contributed by atoms with van der Waals surface area (Å²) < 4.78 is 27.4. The number of nitrogens with zero attached hydrogens (tertiary/aromatic N) is 3. The first-order valence-corrected chi connectivity index (χ1v) is 10.8. The molecule has 3 heterocycles. The summed E-state index contributed by atoms with van der Waals surface area (Å²) in [5.41, 5.74) is 0. The number of rotatable bonds is 4. The number of halogens is 1. The van der Waals surface area contributed by atoms with E-state index in [1.54, 1.807) is 12.1 Å². The van der Waals surface area contributed by atoms with E-state index in [1.807, 2.05) is 11.8 Å². The van der Waals surface area contributed by atoms with E-state index in [-0.39, 0.29) is 16.2 Å². The van der Waals surface area contributed by atoms with E-state index in [2.05, 4.69) is 4.90 Å². The molecule has 0 radical (unpaired) electrons. The lowest BCUT2D eigenvalue weighted by Crippen LogP contribution is -2.55. The Morgan fingerprint density at radius 1 is 1.12 bits per heavy atom. The van der Waals surface area contributed by atoms with Gasteiger partial charge in [-0.25, -0.2) is 8.42 Å². The van der Waals surface area contributed by atoms with Gasteiger partial charge >= 0.3 is 0 Å². The monoisotopic (exact) mass is 391 g/mol. The minimum absolute atomic E-state index is 0.161. The van der Waals surface area contributed by atoms with Crippen molar-refractivity contribution in [2.45, 2.75) is 30.0 Å². The van der Waals surface area contributed by atoms with Crippen molar-refractivity contribution in [3.63, 3.8) is 0 Å². The standard InChI is InChI=1S/C15H22ClN3O3S2/c1-12(15(20)18-6-2-3-7-18)17-8-10-19(11-9-17)24(21,22)14-5-4-13(16)23-14/h4-5,12H,2-3,6-11H2,1H3/t12-/m1/s1. The van der Waals surface area contributed by atoms with Crippen molar-refractivity contribution >= 4 is 38.9 Å². The lowest BCUT2D eigenvalue weighted by atomic mass is 10.2. The Balaban J connectivity index is 1.60. The largest absolute Gasteiger partial charge is 0.341 e. The maximum Gasteiger partial charge on any atom is 0.252 e. The Kier molecular flexibility index (Phi) is 5.51. The highest BCUT2D eigenvalue weighted by atomic mass is 35.5. The van der Waals surface area contributed by atoms with Crippen LogP contribution in [0.3, 0.4) is 0 Å². The van der Waals surface area contributed by atoms with Crippen molar-refractivity contribution in [1.29, 1.82) is 0 Å². The molecule has 2 fully saturated rings. The summed E-state index contributed by atoms with van der Waals surface area (Å²) in [4.78, 5) is 16.5. The maximum atomic E-state index is 12.6. The van der Waals surface area contributed by atoms with E-state index in [9.17, 15) is 13.2 Å². The molecule has 1 aromatic rings. The van der Waals surface area contributed by atoms with E-state index < -0.39 is 10.0 Å². The van der Waals surface area contributed by atoms with Gasteiger partial charge in [0.15, 0.2) is 0 Å². The van der Waals surface area contributed by atoms with Gasteiger partial charge in [0.25, 0.3) is 10.0 Å². The van der Waals surface area contributed by atoms with Gasteiger partial charge in [0.05, 0.1) is 10.4 Å². The predicted molar refractivity (Wildman–Crippen MR) is 94.9 cm³/mol. The van der Waals surface area contributed by atoms with E-state index in [0.29, 0.717) is 30.5 Å². The third kappa shape index (κ3) is 3.62. The number of sulfonamides is 1. The Morgan fingerprint density at radius 3 is 2.29 bits per heavy atom. The van der Waals surface area contributed by atoms with Gasteiger partial charge in [-0.1, -0.05) is 11.6 Å². The number of hydrogen-bond donors (Lipinski definition) is 0. The normalized spacial score (nSPS) is 22.0. The Bertz CT molecular complexity index is 693. The summed E-state index contributed by atoms with van der Waals surface area (Å²) in [6.07, 6.45) is 2.15. The van der Waals surface area contributed by atoms with Crippen LogP contribution in [0.1, 0.15) is 19.8 Å². The first-order valence-electron chi connectivity index (χ1n) is 8.18. The second-order valence-electron chi connectivity index (χ2n) is 6.21. The molecule has 24 heavy (non-hydrogen) atoms. The molecule has 2 saturated heterocycles. The van der Waals surface area contributed by atoms with Crippen LogP contribution in [0.15, 0.2) is 16.3 Å². The third-order valence-electron chi connectivity index (χ3n) is 4.74. The van der Waals surface area contributed by atoms with Gasteiger partial charge in [-0.2, -0.15) is 4.31 Å².